The maximum atomic E-state index is 13.1. The van der Waals surface area contributed by atoms with Gasteiger partial charge < -0.3 is 9.64 Å². The van der Waals surface area contributed by atoms with E-state index in [2.05, 4.69) is 33.8 Å². The predicted octanol–water partition coefficient (Wildman–Crippen LogP) is 2.74. The summed E-state index contributed by atoms with van der Waals surface area (Å²) in [4.78, 5) is 20.4. The minimum atomic E-state index is -0.0669. The summed E-state index contributed by atoms with van der Waals surface area (Å²) < 4.78 is 6.38. The van der Waals surface area contributed by atoms with Crippen molar-refractivity contribution in [2.24, 2.45) is 0 Å². The lowest BCUT2D eigenvalue weighted by molar-refractivity contribution is -0.132. The topological polar surface area (TPSA) is 64.7 Å². The van der Waals surface area contributed by atoms with E-state index in [-0.39, 0.29) is 11.5 Å². The zero-order valence-corrected chi connectivity index (χ0v) is 18.8. The van der Waals surface area contributed by atoms with Crippen LogP contribution in [0.1, 0.15) is 50.0 Å². The van der Waals surface area contributed by atoms with E-state index in [1.807, 2.05) is 29.2 Å². The first-order valence-corrected chi connectivity index (χ1v) is 11.9. The Balaban J connectivity index is 1.20. The molecule has 0 radical (unpaired) electrons. The van der Waals surface area contributed by atoms with Crippen molar-refractivity contribution < 1.29 is 9.53 Å². The average molecular weight is 426 g/mol. The van der Waals surface area contributed by atoms with Crippen molar-refractivity contribution in [2.75, 3.05) is 45.9 Å². The molecule has 0 aliphatic carbocycles. The first-order valence-electron chi connectivity index (χ1n) is 11.9. The van der Waals surface area contributed by atoms with Crippen molar-refractivity contribution in [3.8, 4) is 0 Å². The number of hydrogen-bond acceptors (Lipinski definition) is 5. The second-order valence-corrected chi connectivity index (χ2v) is 9.75. The number of H-pyrrole nitrogens is 1. The van der Waals surface area contributed by atoms with Gasteiger partial charge >= 0.3 is 0 Å². The summed E-state index contributed by atoms with van der Waals surface area (Å²) in [6, 6.07) is 9.08. The monoisotopic (exact) mass is 425 g/mol. The molecule has 3 aliphatic rings. The van der Waals surface area contributed by atoms with Crippen molar-refractivity contribution in [3.63, 3.8) is 0 Å². The van der Waals surface area contributed by atoms with E-state index in [9.17, 15) is 4.79 Å². The molecule has 1 spiro atoms. The zero-order valence-electron chi connectivity index (χ0n) is 18.8. The molecule has 1 atom stereocenters. The van der Waals surface area contributed by atoms with Gasteiger partial charge in [-0.25, -0.2) is 0 Å². The Hall–Kier alpha value is -1.96. The molecule has 0 unspecified atom stereocenters. The molecular formula is C24H35N5O2. The SMILES string of the molecule is CC(C)N1CCN([C@H]2CCOC3(CCN(C(=O)c4n[nH]c5ccccc45)CC3)C2)CC1. The summed E-state index contributed by atoms with van der Waals surface area (Å²) in [5, 5.41) is 8.20. The molecule has 168 valence electrons. The normalized spacial score (nSPS) is 25.5. The Morgan fingerprint density at radius 2 is 1.87 bits per heavy atom. The summed E-state index contributed by atoms with van der Waals surface area (Å²) in [5.74, 6) is 0.0319. The molecule has 7 nitrogen and oxygen atoms in total. The van der Waals surface area contributed by atoms with Crippen LogP contribution in [0.15, 0.2) is 24.3 Å². The Kier molecular flexibility index (Phi) is 5.75. The van der Waals surface area contributed by atoms with Crippen molar-refractivity contribution in [1.82, 2.24) is 24.9 Å². The Labute approximate surface area is 184 Å². The highest BCUT2D eigenvalue weighted by molar-refractivity contribution is 6.04. The molecule has 31 heavy (non-hydrogen) atoms. The fourth-order valence-electron chi connectivity index (χ4n) is 5.67. The van der Waals surface area contributed by atoms with Crippen LogP contribution >= 0.6 is 0 Å². The van der Waals surface area contributed by atoms with E-state index >= 15 is 0 Å². The standard InChI is InChI=1S/C24H35N5O2/c1-18(2)27-12-14-28(15-13-27)19-7-16-31-24(17-19)8-10-29(11-9-24)23(30)22-20-5-3-4-6-21(20)25-26-22/h3-6,18-19H,7-17H2,1-2H3,(H,25,26)/t19-/m0/s1. The van der Waals surface area contributed by atoms with E-state index in [1.165, 1.54) is 13.1 Å². The zero-order chi connectivity index (χ0) is 21.4. The Morgan fingerprint density at radius 1 is 1.13 bits per heavy atom. The van der Waals surface area contributed by atoms with Crippen LogP contribution in [0.4, 0.5) is 0 Å². The highest BCUT2D eigenvalue weighted by Gasteiger charge is 2.43. The predicted molar refractivity (Wildman–Crippen MR) is 121 cm³/mol. The molecule has 3 fully saturated rings. The third kappa shape index (κ3) is 4.11. The second kappa shape index (κ2) is 8.52. The number of hydrogen-bond donors (Lipinski definition) is 1. The number of nitrogens with zero attached hydrogens (tertiary/aromatic N) is 4. The Morgan fingerprint density at radius 3 is 2.61 bits per heavy atom. The van der Waals surface area contributed by atoms with Gasteiger partial charge in [-0.15, -0.1) is 0 Å². The third-order valence-corrected chi connectivity index (χ3v) is 7.70. The number of fused-ring (bicyclic) bond motifs is 1. The molecule has 7 heteroatoms. The number of nitrogens with one attached hydrogen (secondary N) is 1. The van der Waals surface area contributed by atoms with Crippen LogP contribution < -0.4 is 0 Å². The molecule has 1 aromatic heterocycles. The smallest absolute Gasteiger partial charge is 0.274 e. The van der Waals surface area contributed by atoms with Gasteiger partial charge in [0.05, 0.1) is 11.1 Å². The molecule has 3 saturated heterocycles. The summed E-state index contributed by atoms with van der Waals surface area (Å²) in [6.45, 7) is 11.6. The second-order valence-electron chi connectivity index (χ2n) is 9.75. The lowest BCUT2D eigenvalue weighted by Crippen LogP contribution is -2.58. The van der Waals surface area contributed by atoms with Crippen molar-refractivity contribution >= 4 is 16.8 Å². The Bertz CT molecular complexity index is 910. The van der Waals surface area contributed by atoms with Gasteiger partial charge in [0.1, 0.15) is 0 Å². The van der Waals surface area contributed by atoms with Crippen molar-refractivity contribution in [1.29, 1.82) is 0 Å². The lowest BCUT2D eigenvalue weighted by atomic mass is 9.81. The van der Waals surface area contributed by atoms with Gasteiger partial charge in [0.2, 0.25) is 0 Å². The lowest BCUT2D eigenvalue weighted by Gasteiger charge is -2.50. The number of carbonyl (C=O) groups is 1. The molecule has 0 saturated carbocycles. The average Bonchev–Trinajstić information content (AvgIpc) is 3.23. The van der Waals surface area contributed by atoms with Crippen LogP contribution in [0.2, 0.25) is 0 Å². The van der Waals surface area contributed by atoms with Crippen molar-refractivity contribution in [3.05, 3.63) is 30.0 Å². The van der Waals surface area contributed by atoms with E-state index in [0.717, 1.165) is 69.4 Å². The van der Waals surface area contributed by atoms with E-state index in [1.54, 1.807) is 0 Å². The van der Waals surface area contributed by atoms with Crippen molar-refractivity contribution in [2.45, 2.75) is 57.2 Å². The molecule has 5 rings (SSSR count). The first kappa shape index (κ1) is 20.9. The fraction of sp³-hybridized carbons (Fsp3) is 0.667. The molecule has 3 aliphatic heterocycles. The van der Waals surface area contributed by atoms with E-state index in [4.69, 9.17) is 4.74 Å². The van der Waals surface area contributed by atoms with Crippen LogP contribution in [0.25, 0.3) is 10.9 Å². The van der Waals surface area contributed by atoms with Gasteiger partial charge in [-0.05, 0) is 45.6 Å². The highest BCUT2D eigenvalue weighted by atomic mass is 16.5. The summed E-state index contributed by atoms with van der Waals surface area (Å²) in [7, 11) is 0. The van der Waals surface area contributed by atoms with Gasteiger partial charge in [0.15, 0.2) is 5.69 Å². The molecule has 1 N–H and O–H groups in total. The number of para-hydroxylation sites is 1. The first-order chi connectivity index (χ1) is 15.0. The number of carbonyl (C=O) groups excluding carboxylic acids is 1. The van der Waals surface area contributed by atoms with Crippen LogP contribution in [0.5, 0.6) is 0 Å². The van der Waals surface area contributed by atoms with Gasteiger partial charge in [-0.3, -0.25) is 19.7 Å². The van der Waals surface area contributed by atoms with Gasteiger partial charge in [-0.1, -0.05) is 18.2 Å². The van der Waals surface area contributed by atoms with Crippen LogP contribution in [-0.2, 0) is 4.74 Å². The number of rotatable bonds is 3. The fourth-order valence-corrected chi connectivity index (χ4v) is 5.67. The minimum absolute atomic E-state index is 0.0319. The largest absolute Gasteiger partial charge is 0.375 e. The molecule has 1 amide bonds. The number of benzene rings is 1. The summed E-state index contributed by atoms with van der Waals surface area (Å²) >= 11 is 0. The number of aromatic nitrogens is 2. The highest BCUT2D eigenvalue weighted by Crippen LogP contribution is 2.37. The number of aromatic amines is 1. The van der Waals surface area contributed by atoms with Gasteiger partial charge in [-0.2, -0.15) is 5.10 Å². The van der Waals surface area contributed by atoms with Gasteiger partial charge in [0.25, 0.3) is 5.91 Å². The third-order valence-electron chi connectivity index (χ3n) is 7.70. The number of piperidine rings is 1. The summed E-state index contributed by atoms with van der Waals surface area (Å²) in [5.41, 5.74) is 1.38. The molecule has 1 aromatic carbocycles. The maximum absolute atomic E-state index is 13.1. The molecule has 4 heterocycles. The summed E-state index contributed by atoms with van der Waals surface area (Å²) in [6.07, 6.45) is 4.07. The maximum Gasteiger partial charge on any atom is 0.274 e. The van der Waals surface area contributed by atoms with Crippen LogP contribution in [0, 0.1) is 0 Å². The molecule has 2 aromatic rings. The number of ether oxygens (including phenoxy) is 1. The quantitative estimate of drug-likeness (QED) is 0.819. The van der Waals surface area contributed by atoms with Gasteiger partial charge in [0, 0.05) is 63.3 Å². The minimum Gasteiger partial charge on any atom is -0.375 e. The van der Waals surface area contributed by atoms with Crippen LogP contribution in [-0.4, -0.2) is 94.4 Å². The van der Waals surface area contributed by atoms with E-state index < -0.39 is 0 Å². The number of amides is 1. The number of likely N-dealkylation sites (tertiary alicyclic amines) is 1. The number of piperazine rings is 1. The van der Waals surface area contributed by atoms with Crippen LogP contribution in [0.3, 0.4) is 0 Å². The molecule has 0 bridgehead atoms. The molecular weight excluding hydrogens is 390 g/mol. The van der Waals surface area contributed by atoms with E-state index in [0.29, 0.717) is 17.8 Å².